The minimum absolute atomic E-state index is 0.243. The molecular weight excluding hydrogens is 426 g/mol. The van der Waals surface area contributed by atoms with E-state index in [1.807, 2.05) is 19.1 Å². The Labute approximate surface area is 187 Å². The molecule has 0 aliphatic carbocycles. The molecule has 0 radical (unpaired) electrons. The molecule has 0 aliphatic heterocycles. The first kappa shape index (κ1) is 21.5. The van der Waals surface area contributed by atoms with Gasteiger partial charge in [0.25, 0.3) is 11.5 Å². The van der Waals surface area contributed by atoms with E-state index in [0.29, 0.717) is 11.1 Å². The van der Waals surface area contributed by atoms with Crippen molar-refractivity contribution < 1.29 is 14.4 Å². The van der Waals surface area contributed by atoms with Gasteiger partial charge in [0.1, 0.15) is 17.8 Å². The van der Waals surface area contributed by atoms with Gasteiger partial charge in [0.05, 0.1) is 24.0 Å². The number of hydrogen-bond acceptors (Lipinski definition) is 8. The largest absolute Gasteiger partial charge is 0.501 e. The third kappa shape index (κ3) is 3.97. The van der Waals surface area contributed by atoms with Crippen LogP contribution < -0.4 is 10.9 Å². The summed E-state index contributed by atoms with van der Waals surface area (Å²) in [6.45, 7) is 1.83. The SMILES string of the molecule is CC(c1nc(C(=O)Nc2cnoc2)c(O)c(=O)n1C)C(c1cn[nH]c1)c1ccccc1C#N. The predicted molar refractivity (Wildman–Crippen MR) is 116 cm³/mol. The third-order valence-electron chi connectivity index (χ3n) is 5.41. The zero-order valence-corrected chi connectivity index (χ0v) is 17.7. The Morgan fingerprint density at radius 1 is 1.33 bits per heavy atom. The highest BCUT2D eigenvalue weighted by Gasteiger charge is 2.31. The molecule has 0 spiro atoms. The number of nitrogens with zero attached hydrogens (tertiary/aromatic N) is 5. The van der Waals surface area contributed by atoms with Crippen molar-refractivity contribution in [2.24, 2.45) is 7.05 Å². The lowest BCUT2D eigenvalue weighted by molar-refractivity contribution is 0.101. The van der Waals surface area contributed by atoms with Crippen molar-refractivity contribution in [3.8, 4) is 11.8 Å². The number of nitriles is 1. The van der Waals surface area contributed by atoms with Gasteiger partial charge in [-0.25, -0.2) is 4.98 Å². The fraction of sp³-hybridized carbons (Fsp3) is 0.182. The maximum absolute atomic E-state index is 12.8. The number of rotatable bonds is 6. The van der Waals surface area contributed by atoms with Crippen LogP contribution in [0.5, 0.6) is 5.75 Å². The van der Waals surface area contributed by atoms with Gasteiger partial charge < -0.3 is 14.9 Å². The van der Waals surface area contributed by atoms with Crippen molar-refractivity contribution in [2.45, 2.75) is 18.8 Å². The lowest BCUT2D eigenvalue weighted by Crippen LogP contribution is -2.29. The van der Waals surface area contributed by atoms with E-state index < -0.39 is 34.7 Å². The number of nitrogens with one attached hydrogen (secondary N) is 2. The van der Waals surface area contributed by atoms with Gasteiger partial charge in [-0.2, -0.15) is 10.4 Å². The third-order valence-corrected chi connectivity index (χ3v) is 5.41. The number of carbonyl (C=O) groups is 1. The highest BCUT2D eigenvalue weighted by atomic mass is 16.5. The number of anilines is 1. The molecule has 0 saturated carbocycles. The highest BCUT2D eigenvalue weighted by molar-refractivity contribution is 6.04. The maximum atomic E-state index is 12.8. The first-order valence-electron chi connectivity index (χ1n) is 9.90. The Bertz CT molecular complexity index is 1390. The molecular formula is C22H19N7O4. The second-order valence-corrected chi connectivity index (χ2v) is 7.40. The Hall–Kier alpha value is -4.72. The molecule has 2 unspecified atom stereocenters. The van der Waals surface area contributed by atoms with Gasteiger partial charge in [0, 0.05) is 25.1 Å². The molecule has 1 amide bonds. The van der Waals surface area contributed by atoms with Crippen molar-refractivity contribution in [2.75, 3.05) is 5.32 Å². The van der Waals surface area contributed by atoms with Crippen LogP contribution in [-0.4, -0.2) is 35.9 Å². The van der Waals surface area contributed by atoms with Crippen LogP contribution in [0.15, 0.2) is 58.4 Å². The first-order valence-corrected chi connectivity index (χ1v) is 9.90. The number of H-pyrrole nitrogens is 1. The van der Waals surface area contributed by atoms with E-state index >= 15 is 0 Å². The van der Waals surface area contributed by atoms with Crippen LogP contribution >= 0.6 is 0 Å². The number of carbonyl (C=O) groups excluding carboxylic acids is 1. The minimum Gasteiger partial charge on any atom is -0.501 e. The summed E-state index contributed by atoms with van der Waals surface area (Å²) in [6.07, 6.45) is 5.81. The number of aromatic amines is 1. The van der Waals surface area contributed by atoms with Gasteiger partial charge in [0.15, 0.2) is 5.69 Å². The molecule has 2 atom stereocenters. The standard InChI is InChI=1S/C22H19N7O4/c1-12(17(14-8-24-25-9-14)16-6-4-3-5-13(16)7-23)20-28-18(19(30)22(32)29(20)2)21(31)27-15-10-26-33-11-15/h3-6,8-12,17,30H,1-2H3,(H,24,25)(H,27,31). The summed E-state index contributed by atoms with van der Waals surface area (Å²) in [4.78, 5) is 29.9. The minimum atomic E-state index is -0.792. The highest BCUT2D eigenvalue weighted by Crippen LogP contribution is 2.38. The summed E-state index contributed by atoms with van der Waals surface area (Å²) >= 11 is 0. The predicted octanol–water partition coefficient (Wildman–Crippen LogP) is 2.26. The molecule has 0 bridgehead atoms. The summed E-state index contributed by atoms with van der Waals surface area (Å²) in [7, 11) is 1.46. The molecule has 11 nitrogen and oxygen atoms in total. The molecule has 3 aromatic heterocycles. The second kappa shape index (κ2) is 8.80. The number of aromatic hydroxyl groups is 1. The maximum Gasteiger partial charge on any atom is 0.296 e. The molecule has 4 aromatic rings. The average Bonchev–Trinajstić information content (AvgIpc) is 3.53. The fourth-order valence-electron chi connectivity index (χ4n) is 3.82. The van der Waals surface area contributed by atoms with Gasteiger partial charge in [0.2, 0.25) is 5.75 Å². The topological polar surface area (TPSA) is 163 Å². The van der Waals surface area contributed by atoms with Gasteiger partial charge in [-0.05, 0) is 17.2 Å². The summed E-state index contributed by atoms with van der Waals surface area (Å²) < 4.78 is 5.87. The van der Waals surface area contributed by atoms with E-state index in [-0.39, 0.29) is 11.5 Å². The molecule has 0 aliphatic rings. The molecule has 33 heavy (non-hydrogen) atoms. The molecule has 3 heterocycles. The van der Waals surface area contributed by atoms with Crippen LogP contribution in [0, 0.1) is 11.3 Å². The molecule has 3 N–H and O–H groups in total. The molecule has 4 rings (SSSR count). The Morgan fingerprint density at radius 2 is 2.12 bits per heavy atom. The van der Waals surface area contributed by atoms with Crippen molar-refractivity contribution >= 4 is 11.6 Å². The molecule has 11 heteroatoms. The van der Waals surface area contributed by atoms with E-state index in [0.717, 1.165) is 5.56 Å². The lowest BCUT2D eigenvalue weighted by atomic mass is 9.80. The van der Waals surface area contributed by atoms with Crippen molar-refractivity contribution in [3.05, 3.63) is 87.7 Å². The summed E-state index contributed by atoms with van der Waals surface area (Å²) in [6, 6.07) is 9.31. The van der Waals surface area contributed by atoms with E-state index in [1.54, 1.807) is 24.5 Å². The summed E-state index contributed by atoms with van der Waals surface area (Å²) in [5.41, 5.74) is 0.984. The zero-order chi connectivity index (χ0) is 23.5. The van der Waals surface area contributed by atoms with Crippen LogP contribution in [0.3, 0.4) is 0 Å². The van der Waals surface area contributed by atoms with E-state index in [2.05, 4.69) is 36.2 Å². The van der Waals surface area contributed by atoms with E-state index in [1.165, 1.54) is 24.1 Å². The van der Waals surface area contributed by atoms with Gasteiger partial charge in [-0.1, -0.05) is 30.3 Å². The van der Waals surface area contributed by atoms with Gasteiger partial charge in [-0.15, -0.1) is 0 Å². The van der Waals surface area contributed by atoms with Gasteiger partial charge >= 0.3 is 0 Å². The number of benzene rings is 1. The number of aromatic nitrogens is 5. The quantitative estimate of drug-likeness (QED) is 0.407. The average molecular weight is 445 g/mol. The Kier molecular flexibility index (Phi) is 5.73. The van der Waals surface area contributed by atoms with E-state index in [4.69, 9.17) is 0 Å². The molecule has 0 fully saturated rings. The number of amides is 1. The van der Waals surface area contributed by atoms with Crippen molar-refractivity contribution in [1.82, 2.24) is 24.9 Å². The molecule has 0 saturated heterocycles. The van der Waals surface area contributed by atoms with Crippen molar-refractivity contribution in [3.63, 3.8) is 0 Å². The monoisotopic (exact) mass is 445 g/mol. The van der Waals surface area contributed by atoms with Crippen molar-refractivity contribution in [1.29, 1.82) is 5.26 Å². The fourth-order valence-corrected chi connectivity index (χ4v) is 3.82. The lowest BCUT2D eigenvalue weighted by Gasteiger charge is -2.26. The van der Waals surface area contributed by atoms with E-state index in [9.17, 15) is 20.0 Å². The van der Waals surface area contributed by atoms with Crippen LogP contribution in [0.1, 0.15) is 51.8 Å². The zero-order valence-electron chi connectivity index (χ0n) is 17.7. The van der Waals surface area contributed by atoms with Crippen LogP contribution in [0.25, 0.3) is 0 Å². The smallest absolute Gasteiger partial charge is 0.296 e. The normalized spacial score (nSPS) is 12.6. The number of hydrogen-bond donors (Lipinski definition) is 3. The second-order valence-electron chi connectivity index (χ2n) is 7.40. The summed E-state index contributed by atoms with van der Waals surface area (Å²) in [5.74, 6) is -2.24. The van der Waals surface area contributed by atoms with Crippen LogP contribution in [0.2, 0.25) is 0 Å². The van der Waals surface area contributed by atoms with Crippen LogP contribution in [-0.2, 0) is 7.05 Å². The summed E-state index contributed by atoms with van der Waals surface area (Å²) in [5, 5.41) is 32.8. The van der Waals surface area contributed by atoms with Crippen LogP contribution in [0.4, 0.5) is 5.69 Å². The van der Waals surface area contributed by atoms with Gasteiger partial charge in [-0.3, -0.25) is 19.3 Å². The first-order chi connectivity index (χ1) is 15.9. The molecule has 166 valence electrons. The molecule has 1 aromatic carbocycles. The Balaban J connectivity index is 1.84. The Morgan fingerprint density at radius 3 is 2.79 bits per heavy atom.